The van der Waals surface area contributed by atoms with E-state index in [4.69, 9.17) is 10.5 Å². The topological polar surface area (TPSA) is 50.9 Å². The lowest BCUT2D eigenvalue weighted by molar-refractivity contribution is 0.415. The summed E-state index contributed by atoms with van der Waals surface area (Å²) in [5.74, 6) is 3.82. The number of hydrogen-bond donors (Lipinski definition) is 1. The fourth-order valence-corrected chi connectivity index (χ4v) is 4.17. The van der Waals surface area contributed by atoms with Crippen molar-refractivity contribution in [3.63, 3.8) is 0 Å². The molecule has 0 bridgehead atoms. The molecule has 0 spiro atoms. The van der Waals surface area contributed by atoms with Crippen molar-refractivity contribution in [2.45, 2.75) is 6.54 Å². The Balaban J connectivity index is 1.64. The third-order valence-corrected chi connectivity index (χ3v) is 5.67. The molecule has 122 valence electrons. The van der Waals surface area contributed by atoms with Crippen molar-refractivity contribution in [2.75, 3.05) is 31.7 Å². The first-order valence-electron chi connectivity index (χ1n) is 7.61. The lowest BCUT2D eigenvalue weighted by Crippen LogP contribution is -2.42. The third kappa shape index (κ3) is 4.20. The van der Waals surface area contributed by atoms with E-state index in [0.29, 0.717) is 12.5 Å². The van der Waals surface area contributed by atoms with Crippen LogP contribution in [0.3, 0.4) is 0 Å². The summed E-state index contributed by atoms with van der Waals surface area (Å²) in [7, 11) is 1.68. The minimum absolute atomic E-state index is 0.649. The Morgan fingerprint density at radius 2 is 1.96 bits per heavy atom. The number of aliphatic imine (C=N–C) groups is 1. The van der Waals surface area contributed by atoms with E-state index in [-0.39, 0.29) is 0 Å². The smallest absolute Gasteiger partial charge is 0.191 e. The van der Waals surface area contributed by atoms with E-state index < -0.39 is 0 Å². The van der Waals surface area contributed by atoms with Crippen LogP contribution in [0.25, 0.3) is 11.1 Å². The van der Waals surface area contributed by atoms with E-state index in [2.05, 4.69) is 33.5 Å². The zero-order valence-electron chi connectivity index (χ0n) is 13.2. The second-order valence-corrected chi connectivity index (χ2v) is 7.52. The number of hydrogen-bond acceptors (Lipinski definition) is 4. The fourth-order valence-electron chi connectivity index (χ4n) is 2.45. The highest BCUT2D eigenvalue weighted by atomic mass is 32.2. The molecule has 0 aliphatic carbocycles. The Kier molecular flexibility index (Phi) is 5.46. The van der Waals surface area contributed by atoms with E-state index in [0.717, 1.165) is 30.3 Å². The number of guanidine groups is 1. The third-order valence-electron chi connectivity index (χ3n) is 3.81. The molecule has 0 amide bonds. The van der Waals surface area contributed by atoms with Gasteiger partial charge in [-0.3, -0.25) is 0 Å². The molecule has 2 aromatic rings. The zero-order valence-corrected chi connectivity index (χ0v) is 14.8. The molecule has 4 nitrogen and oxygen atoms in total. The van der Waals surface area contributed by atoms with Crippen LogP contribution in [0.5, 0.6) is 5.75 Å². The lowest BCUT2D eigenvalue weighted by atomic mass is 10.1. The number of rotatable bonds is 4. The Morgan fingerprint density at radius 1 is 1.22 bits per heavy atom. The van der Waals surface area contributed by atoms with Crippen molar-refractivity contribution in [2.24, 2.45) is 10.7 Å². The van der Waals surface area contributed by atoms with Crippen LogP contribution in [-0.2, 0) is 6.54 Å². The summed E-state index contributed by atoms with van der Waals surface area (Å²) in [6.07, 6.45) is 0. The normalized spacial score (nSPS) is 15.7. The number of thioether (sulfide) groups is 1. The molecule has 2 heterocycles. The number of nitrogens with zero attached hydrogens (tertiary/aromatic N) is 2. The van der Waals surface area contributed by atoms with Crippen molar-refractivity contribution in [3.8, 4) is 16.9 Å². The standard InChI is InChI=1S/C17H21N3OS2/c1-21-15-4-2-13(3-5-15)14-10-16(23-12-14)11-19-17(18)20-6-8-22-9-7-20/h2-5,10,12H,6-9,11H2,1H3,(H2,18,19). The molecule has 1 saturated heterocycles. The van der Waals surface area contributed by atoms with Gasteiger partial charge in [0.15, 0.2) is 5.96 Å². The maximum Gasteiger partial charge on any atom is 0.191 e. The molecule has 0 radical (unpaired) electrons. The first-order valence-corrected chi connectivity index (χ1v) is 9.64. The SMILES string of the molecule is COc1ccc(-c2csc(CN=C(N)N3CCSCC3)c2)cc1. The summed E-state index contributed by atoms with van der Waals surface area (Å²) in [5.41, 5.74) is 8.51. The van der Waals surface area contributed by atoms with Gasteiger partial charge in [0.05, 0.1) is 13.7 Å². The minimum atomic E-state index is 0.649. The molecule has 0 atom stereocenters. The molecule has 1 aromatic heterocycles. The molecule has 3 rings (SSSR count). The molecule has 1 aliphatic rings. The summed E-state index contributed by atoms with van der Waals surface area (Å²) in [6.45, 7) is 2.65. The fraction of sp³-hybridized carbons (Fsp3) is 0.353. The van der Waals surface area contributed by atoms with Gasteiger partial charge in [0.2, 0.25) is 0 Å². The van der Waals surface area contributed by atoms with Crippen LogP contribution in [0.15, 0.2) is 40.7 Å². The zero-order chi connectivity index (χ0) is 16.1. The quantitative estimate of drug-likeness (QED) is 0.681. The molecule has 1 fully saturated rings. The molecule has 23 heavy (non-hydrogen) atoms. The summed E-state index contributed by atoms with van der Waals surface area (Å²) in [4.78, 5) is 7.96. The summed E-state index contributed by atoms with van der Waals surface area (Å²) >= 11 is 3.70. The van der Waals surface area contributed by atoms with E-state index in [1.54, 1.807) is 18.4 Å². The van der Waals surface area contributed by atoms with Crippen molar-refractivity contribution in [3.05, 3.63) is 40.6 Å². The monoisotopic (exact) mass is 347 g/mol. The minimum Gasteiger partial charge on any atom is -0.497 e. The predicted molar refractivity (Wildman–Crippen MR) is 101 cm³/mol. The number of methoxy groups -OCH3 is 1. The number of benzene rings is 1. The van der Waals surface area contributed by atoms with Crippen LogP contribution in [0.4, 0.5) is 0 Å². The van der Waals surface area contributed by atoms with Gasteiger partial charge in [-0.1, -0.05) is 12.1 Å². The van der Waals surface area contributed by atoms with E-state index in [9.17, 15) is 0 Å². The van der Waals surface area contributed by atoms with Gasteiger partial charge in [-0.25, -0.2) is 4.99 Å². The molecular weight excluding hydrogens is 326 g/mol. The van der Waals surface area contributed by atoms with Crippen molar-refractivity contribution < 1.29 is 4.74 Å². The van der Waals surface area contributed by atoms with Gasteiger partial charge in [-0.15, -0.1) is 11.3 Å². The van der Waals surface area contributed by atoms with Gasteiger partial charge in [0.1, 0.15) is 5.75 Å². The lowest BCUT2D eigenvalue weighted by Gasteiger charge is -2.27. The van der Waals surface area contributed by atoms with Crippen molar-refractivity contribution in [1.29, 1.82) is 0 Å². The average Bonchev–Trinajstić information content (AvgIpc) is 3.09. The molecule has 6 heteroatoms. The second kappa shape index (κ2) is 7.75. The Hall–Kier alpha value is -1.66. The first kappa shape index (κ1) is 16.2. The largest absolute Gasteiger partial charge is 0.497 e. The van der Waals surface area contributed by atoms with E-state index in [1.165, 1.54) is 16.0 Å². The van der Waals surface area contributed by atoms with E-state index >= 15 is 0 Å². The highest BCUT2D eigenvalue weighted by molar-refractivity contribution is 7.99. The van der Waals surface area contributed by atoms with Gasteiger partial charge < -0.3 is 15.4 Å². The summed E-state index contributed by atoms with van der Waals surface area (Å²) < 4.78 is 5.20. The van der Waals surface area contributed by atoms with Gasteiger partial charge >= 0.3 is 0 Å². The van der Waals surface area contributed by atoms with Crippen LogP contribution >= 0.6 is 23.1 Å². The number of thiophene rings is 1. The van der Waals surface area contributed by atoms with Crippen LogP contribution in [0.1, 0.15) is 4.88 Å². The van der Waals surface area contributed by atoms with Crippen molar-refractivity contribution in [1.82, 2.24) is 4.90 Å². The maximum absolute atomic E-state index is 6.10. The summed E-state index contributed by atoms with van der Waals surface area (Å²) in [6, 6.07) is 10.3. The maximum atomic E-state index is 6.10. The van der Waals surface area contributed by atoms with Gasteiger partial charge in [-0.2, -0.15) is 11.8 Å². The molecular formula is C17H21N3OS2. The van der Waals surface area contributed by atoms with Crippen LogP contribution in [0, 0.1) is 0 Å². The second-order valence-electron chi connectivity index (χ2n) is 5.30. The number of ether oxygens (including phenoxy) is 1. The predicted octanol–water partition coefficient (Wildman–Crippen LogP) is 3.29. The average molecular weight is 348 g/mol. The molecule has 1 aliphatic heterocycles. The summed E-state index contributed by atoms with van der Waals surface area (Å²) in [5, 5.41) is 2.17. The van der Waals surface area contributed by atoms with Gasteiger partial charge in [0, 0.05) is 29.5 Å². The Morgan fingerprint density at radius 3 is 2.65 bits per heavy atom. The highest BCUT2D eigenvalue weighted by Gasteiger charge is 2.12. The van der Waals surface area contributed by atoms with Crippen LogP contribution in [0.2, 0.25) is 0 Å². The molecule has 1 aromatic carbocycles. The Bertz CT molecular complexity index is 661. The van der Waals surface area contributed by atoms with Gasteiger partial charge in [0.25, 0.3) is 0 Å². The van der Waals surface area contributed by atoms with Crippen LogP contribution in [-0.4, -0.2) is 42.6 Å². The first-order chi connectivity index (χ1) is 11.3. The van der Waals surface area contributed by atoms with Crippen LogP contribution < -0.4 is 10.5 Å². The van der Waals surface area contributed by atoms with Crippen molar-refractivity contribution >= 4 is 29.1 Å². The molecule has 0 unspecified atom stereocenters. The van der Waals surface area contributed by atoms with Gasteiger partial charge in [-0.05, 0) is 34.7 Å². The highest BCUT2D eigenvalue weighted by Crippen LogP contribution is 2.27. The van der Waals surface area contributed by atoms with E-state index in [1.807, 2.05) is 23.9 Å². The molecule has 2 N–H and O–H groups in total. The molecule has 0 saturated carbocycles. The number of nitrogens with two attached hydrogens (primary N) is 1. The Labute approximate surface area is 145 Å².